The summed E-state index contributed by atoms with van der Waals surface area (Å²) in [6, 6.07) is 0. The van der Waals surface area contributed by atoms with Crippen LogP contribution in [0.15, 0.2) is 6.33 Å². The summed E-state index contributed by atoms with van der Waals surface area (Å²) in [7, 11) is -1.12. The zero-order valence-electron chi connectivity index (χ0n) is 12.1. The van der Waals surface area contributed by atoms with Crippen LogP contribution < -0.4 is 5.32 Å². The second-order valence-electron chi connectivity index (χ2n) is 5.44. The van der Waals surface area contributed by atoms with Gasteiger partial charge in [-0.3, -0.25) is 0 Å². The number of rotatable bonds is 6. The lowest BCUT2D eigenvalue weighted by Gasteiger charge is -2.31. The molecule has 1 aliphatic heterocycles. The molecule has 1 N–H and O–H groups in total. The van der Waals surface area contributed by atoms with E-state index in [1.165, 1.54) is 6.26 Å². The maximum Gasteiger partial charge on any atom is 0.211 e. The second-order valence-corrected chi connectivity index (χ2v) is 7.42. The van der Waals surface area contributed by atoms with Crippen LogP contribution in [0.25, 0.3) is 0 Å². The van der Waals surface area contributed by atoms with Gasteiger partial charge in [0.2, 0.25) is 10.0 Å². The van der Waals surface area contributed by atoms with Gasteiger partial charge < -0.3 is 9.88 Å². The third-order valence-electron chi connectivity index (χ3n) is 3.71. The van der Waals surface area contributed by atoms with Crippen LogP contribution in [0, 0.1) is 5.92 Å². The normalized spacial score (nSPS) is 21.2. The zero-order valence-corrected chi connectivity index (χ0v) is 12.9. The van der Waals surface area contributed by atoms with E-state index in [2.05, 4.69) is 15.5 Å². The van der Waals surface area contributed by atoms with Gasteiger partial charge in [0, 0.05) is 33.1 Å². The van der Waals surface area contributed by atoms with Crippen molar-refractivity contribution in [3.63, 3.8) is 0 Å². The van der Waals surface area contributed by atoms with Gasteiger partial charge in [-0.05, 0) is 25.3 Å². The smallest absolute Gasteiger partial charge is 0.211 e. The predicted molar refractivity (Wildman–Crippen MR) is 76.7 cm³/mol. The minimum absolute atomic E-state index is 0.401. The lowest BCUT2D eigenvalue weighted by atomic mass is 10.00. The van der Waals surface area contributed by atoms with Crippen LogP contribution in [-0.4, -0.2) is 59.9 Å². The number of piperidine rings is 1. The first-order chi connectivity index (χ1) is 9.47. The Kier molecular flexibility index (Phi) is 5.11. The van der Waals surface area contributed by atoms with Crippen molar-refractivity contribution in [3.8, 4) is 0 Å². The molecule has 8 heteroatoms. The quantitative estimate of drug-likeness (QED) is 0.725. The SMILES string of the molecule is Cn1cnnc1CCNCC1CCCN(S(C)(=O)=O)C1. The van der Waals surface area contributed by atoms with E-state index in [0.717, 1.165) is 38.2 Å². The van der Waals surface area contributed by atoms with Gasteiger partial charge in [0.05, 0.1) is 6.26 Å². The molecule has 2 heterocycles. The van der Waals surface area contributed by atoms with Gasteiger partial charge >= 0.3 is 0 Å². The van der Waals surface area contributed by atoms with E-state index >= 15 is 0 Å². The van der Waals surface area contributed by atoms with Gasteiger partial charge in [0.1, 0.15) is 12.2 Å². The van der Waals surface area contributed by atoms with E-state index < -0.39 is 10.0 Å². The Labute approximate surface area is 120 Å². The molecule has 114 valence electrons. The van der Waals surface area contributed by atoms with Crippen molar-refractivity contribution in [1.29, 1.82) is 0 Å². The van der Waals surface area contributed by atoms with Crippen molar-refractivity contribution in [3.05, 3.63) is 12.2 Å². The first kappa shape index (κ1) is 15.4. The third-order valence-corrected chi connectivity index (χ3v) is 4.98. The van der Waals surface area contributed by atoms with Gasteiger partial charge in [-0.15, -0.1) is 10.2 Å². The minimum Gasteiger partial charge on any atom is -0.321 e. The topological polar surface area (TPSA) is 80.1 Å². The Bertz CT molecular complexity index is 528. The molecule has 20 heavy (non-hydrogen) atoms. The maximum absolute atomic E-state index is 11.5. The molecule has 1 aromatic rings. The minimum atomic E-state index is -3.05. The van der Waals surface area contributed by atoms with E-state index in [0.29, 0.717) is 19.0 Å². The Morgan fingerprint density at radius 2 is 2.30 bits per heavy atom. The van der Waals surface area contributed by atoms with E-state index in [-0.39, 0.29) is 0 Å². The fourth-order valence-corrected chi connectivity index (χ4v) is 3.48. The molecule has 7 nitrogen and oxygen atoms in total. The van der Waals surface area contributed by atoms with Gasteiger partial charge in [0.25, 0.3) is 0 Å². The van der Waals surface area contributed by atoms with Crippen LogP contribution in [0.1, 0.15) is 18.7 Å². The number of sulfonamides is 1. The molecule has 0 aliphatic carbocycles. The molecule has 1 unspecified atom stereocenters. The molecular formula is C12H23N5O2S. The number of hydrogen-bond acceptors (Lipinski definition) is 5. The lowest BCUT2D eigenvalue weighted by molar-refractivity contribution is 0.261. The number of aromatic nitrogens is 3. The van der Waals surface area contributed by atoms with Crippen molar-refractivity contribution in [2.24, 2.45) is 13.0 Å². The summed E-state index contributed by atoms with van der Waals surface area (Å²) in [5.74, 6) is 1.36. The summed E-state index contributed by atoms with van der Waals surface area (Å²) in [5.41, 5.74) is 0. The number of nitrogens with one attached hydrogen (secondary N) is 1. The highest BCUT2D eigenvalue weighted by Crippen LogP contribution is 2.17. The van der Waals surface area contributed by atoms with Crippen LogP contribution in [0.5, 0.6) is 0 Å². The summed E-state index contributed by atoms with van der Waals surface area (Å²) in [5, 5.41) is 11.3. The molecule has 0 radical (unpaired) electrons. The van der Waals surface area contributed by atoms with Crippen molar-refractivity contribution in [1.82, 2.24) is 24.4 Å². The Morgan fingerprint density at radius 3 is 2.95 bits per heavy atom. The molecule has 1 aromatic heterocycles. The molecule has 1 fully saturated rings. The van der Waals surface area contributed by atoms with Gasteiger partial charge in [-0.25, -0.2) is 12.7 Å². The molecule has 1 saturated heterocycles. The number of aryl methyl sites for hydroxylation is 1. The van der Waals surface area contributed by atoms with E-state index in [4.69, 9.17) is 0 Å². The van der Waals surface area contributed by atoms with Gasteiger partial charge in [-0.1, -0.05) is 0 Å². The highest BCUT2D eigenvalue weighted by molar-refractivity contribution is 7.88. The first-order valence-corrected chi connectivity index (χ1v) is 8.80. The molecule has 1 atom stereocenters. The largest absolute Gasteiger partial charge is 0.321 e. The van der Waals surface area contributed by atoms with Crippen molar-refractivity contribution >= 4 is 10.0 Å². The standard InChI is InChI=1S/C12H23N5O2S/c1-16-10-14-15-12(16)5-6-13-8-11-4-3-7-17(9-11)20(2,18)19/h10-11,13H,3-9H2,1-2H3. The first-order valence-electron chi connectivity index (χ1n) is 6.95. The molecule has 0 spiro atoms. The fourth-order valence-electron chi connectivity index (χ4n) is 2.53. The molecule has 0 amide bonds. The third kappa shape index (κ3) is 4.26. The summed E-state index contributed by atoms with van der Waals surface area (Å²) in [4.78, 5) is 0. The fraction of sp³-hybridized carbons (Fsp3) is 0.833. The van der Waals surface area contributed by atoms with Crippen LogP contribution >= 0.6 is 0 Å². The molecule has 0 saturated carbocycles. The lowest BCUT2D eigenvalue weighted by Crippen LogP contribution is -2.42. The molecule has 0 aromatic carbocycles. The zero-order chi connectivity index (χ0) is 14.6. The van der Waals surface area contributed by atoms with Crippen LogP contribution in [-0.2, 0) is 23.5 Å². The maximum atomic E-state index is 11.5. The van der Waals surface area contributed by atoms with E-state index in [9.17, 15) is 8.42 Å². The average molecular weight is 301 g/mol. The predicted octanol–water partition coefficient (Wildman–Crippen LogP) is -0.381. The molecular weight excluding hydrogens is 278 g/mol. The Morgan fingerprint density at radius 1 is 1.50 bits per heavy atom. The van der Waals surface area contributed by atoms with E-state index in [1.807, 2.05) is 11.6 Å². The molecule has 2 rings (SSSR count). The van der Waals surface area contributed by atoms with Crippen LogP contribution in [0.4, 0.5) is 0 Å². The highest BCUT2D eigenvalue weighted by Gasteiger charge is 2.25. The van der Waals surface area contributed by atoms with Gasteiger partial charge in [-0.2, -0.15) is 0 Å². The van der Waals surface area contributed by atoms with Crippen molar-refractivity contribution in [2.75, 3.05) is 32.4 Å². The monoisotopic (exact) mass is 301 g/mol. The summed E-state index contributed by atoms with van der Waals surface area (Å²) < 4.78 is 26.6. The number of nitrogens with zero attached hydrogens (tertiary/aromatic N) is 4. The summed E-state index contributed by atoms with van der Waals surface area (Å²) in [6.07, 6.45) is 5.85. The number of hydrogen-bond donors (Lipinski definition) is 1. The Hall–Kier alpha value is -0.990. The summed E-state index contributed by atoms with van der Waals surface area (Å²) >= 11 is 0. The van der Waals surface area contributed by atoms with Crippen LogP contribution in [0.3, 0.4) is 0 Å². The summed E-state index contributed by atoms with van der Waals surface area (Å²) in [6.45, 7) is 2.98. The Balaban J connectivity index is 1.70. The van der Waals surface area contributed by atoms with Crippen LogP contribution in [0.2, 0.25) is 0 Å². The second kappa shape index (κ2) is 6.64. The highest BCUT2D eigenvalue weighted by atomic mass is 32.2. The molecule has 0 bridgehead atoms. The van der Waals surface area contributed by atoms with Gasteiger partial charge in [0.15, 0.2) is 0 Å². The van der Waals surface area contributed by atoms with Crippen molar-refractivity contribution < 1.29 is 8.42 Å². The van der Waals surface area contributed by atoms with Crippen molar-refractivity contribution in [2.45, 2.75) is 19.3 Å². The average Bonchev–Trinajstić information content (AvgIpc) is 2.80. The van der Waals surface area contributed by atoms with E-state index in [1.54, 1.807) is 10.6 Å². The molecule has 1 aliphatic rings.